The van der Waals surface area contributed by atoms with Gasteiger partial charge in [0.1, 0.15) is 5.82 Å². The Bertz CT molecular complexity index is 527. The van der Waals surface area contributed by atoms with E-state index < -0.39 is 0 Å². The Hall–Kier alpha value is -1.81. The molecule has 4 N–H and O–H groups in total. The minimum atomic E-state index is 0.240. The van der Waals surface area contributed by atoms with Crippen LogP contribution in [0.2, 0.25) is 0 Å². The van der Waals surface area contributed by atoms with Crippen LogP contribution in [0.15, 0.2) is 30.5 Å². The first-order valence-corrected chi connectivity index (χ1v) is 5.90. The molecule has 1 unspecified atom stereocenters. The largest absolute Gasteiger partial charge is 0.399 e. The van der Waals surface area contributed by atoms with Gasteiger partial charge in [0.2, 0.25) is 0 Å². The zero-order valence-electron chi connectivity index (χ0n) is 9.63. The van der Waals surface area contributed by atoms with Gasteiger partial charge in [0.05, 0.1) is 0 Å². The highest BCUT2D eigenvalue weighted by molar-refractivity contribution is 5.59. The SMILES string of the molecule is Nc1ccc(-c2ncc3n2CC(N)CC3)cc1. The topological polar surface area (TPSA) is 69.9 Å². The number of imidazole rings is 1. The van der Waals surface area contributed by atoms with Gasteiger partial charge >= 0.3 is 0 Å². The summed E-state index contributed by atoms with van der Waals surface area (Å²) in [5.41, 5.74) is 14.9. The Morgan fingerprint density at radius 3 is 2.76 bits per heavy atom. The summed E-state index contributed by atoms with van der Waals surface area (Å²) >= 11 is 0. The van der Waals surface area contributed by atoms with Crippen LogP contribution in [0.3, 0.4) is 0 Å². The van der Waals surface area contributed by atoms with Gasteiger partial charge in [-0.05, 0) is 37.1 Å². The fraction of sp³-hybridized carbons (Fsp3) is 0.308. The lowest BCUT2D eigenvalue weighted by molar-refractivity contribution is 0.463. The van der Waals surface area contributed by atoms with Crippen LogP contribution < -0.4 is 11.5 Å². The summed E-state index contributed by atoms with van der Waals surface area (Å²) < 4.78 is 2.22. The van der Waals surface area contributed by atoms with Crippen molar-refractivity contribution in [3.8, 4) is 11.4 Å². The van der Waals surface area contributed by atoms with Crippen molar-refractivity contribution in [2.24, 2.45) is 5.73 Å². The Morgan fingerprint density at radius 2 is 2.00 bits per heavy atom. The lowest BCUT2D eigenvalue weighted by atomic mass is 10.1. The van der Waals surface area contributed by atoms with Crippen molar-refractivity contribution in [2.75, 3.05) is 5.73 Å². The maximum Gasteiger partial charge on any atom is 0.140 e. The Morgan fingerprint density at radius 1 is 1.24 bits per heavy atom. The van der Waals surface area contributed by atoms with Crippen LogP contribution in [0.5, 0.6) is 0 Å². The highest BCUT2D eigenvalue weighted by Crippen LogP contribution is 2.24. The van der Waals surface area contributed by atoms with Crippen LogP contribution in [0.4, 0.5) is 5.69 Å². The van der Waals surface area contributed by atoms with Crippen molar-refractivity contribution in [2.45, 2.75) is 25.4 Å². The molecular formula is C13H16N4. The molecule has 0 bridgehead atoms. The zero-order valence-corrected chi connectivity index (χ0v) is 9.63. The molecule has 3 rings (SSSR count). The van der Waals surface area contributed by atoms with Gasteiger partial charge in [-0.15, -0.1) is 0 Å². The van der Waals surface area contributed by atoms with Crippen molar-refractivity contribution in [1.82, 2.24) is 9.55 Å². The summed E-state index contributed by atoms with van der Waals surface area (Å²) in [7, 11) is 0. The number of nitrogens with zero attached hydrogens (tertiary/aromatic N) is 2. The molecule has 4 nitrogen and oxygen atoms in total. The van der Waals surface area contributed by atoms with E-state index in [0.29, 0.717) is 0 Å². The van der Waals surface area contributed by atoms with E-state index in [4.69, 9.17) is 11.5 Å². The molecule has 1 aromatic heterocycles. The summed E-state index contributed by atoms with van der Waals surface area (Å²) in [6.07, 6.45) is 4.02. The molecule has 0 saturated heterocycles. The first-order valence-electron chi connectivity index (χ1n) is 5.90. The number of fused-ring (bicyclic) bond motifs is 1. The van der Waals surface area contributed by atoms with Crippen LogP contribution in [0.1, 0.15) is 12.1 Å². The van der Waals surface area contributed by atoms with Crippen molar-refractivity contribution in [3.05, 3.63) is 36.2 Å². The number of nitrogens with two attached hydrogens (primary N) is 2. The maximum absolute atomic E-state index is 6.01. The van der Waals surface area contributed by atoms with E-state index in [9.17, 15) is 0 Å². The number of hydrogen-bond acceptors (Lipinski definition) is 3. The van der Waals surface area contributed by atoms with Gasteiger partial charge in [-0.2, -0.15) is 0 Å². The van der Waals surface area contributed by atoms with E-state index in [1.165, 1.54) is 5.69 Å². The summed E-state index contributed by atoms with van der Waals surface area (Å²) in [5.74, 6) is 0.996. The molecule has 17 heavy (non-hydrogen) atoms. The predicted octanol–water partition coefficient (Wildman–Crippen LogP) is 1.41. The summed E-state index contributed by atoms with van der Waals surface area (Å²) in [6.45, 7) is 0.856. The molecule has 0 radical (unpaired) electrons. The molecule has 1 aliphatic rings. The molecule has 88 valence electrons. The van der Waals surface area contributed by atoms with E-state index in [0.717, 1.165) is 36.5 Å². The Labute approximate surface area is 100 Å². The number of anilines is 1. The number of hydrogen-bond donors (Lipinski definition) is 2. The molecule has 1 atom stereocenters. The molecule has 0 saturated carbocycles. The summed E-state index contributed by atoms with van der Waals surface area (Å²) in [6, 6.07) is 8.06. The van der Waals surface area contributed by atoms with Crippen molar-refractivity contribution in [3.63, 3.8) is 0 Å². The molecule has 1 aromatic carbocycles. The second kappa shape index (κ2) is 3.89. The first-order chi connectivity index (χ1) is 8.24. The van der Waals surface area contributed by atoms with Gasteiger partial charge < -0.3 is 16.0 Å². The average Bonchev–Trinajstić information content (AvgIpc) is 2.73. The molecule has 0 amide bonds. The van der Waals surface area contributed by atoms with Gasteiger partial charge in [0.15, 0.2) is 0 Å². The fourth-order valence-electron chi connectivity index (χ4n) is 2.34. The van der Waals surface area contributed by atoms with Crippen molar-refractivity contribution < 1.29 is 0 Å². The second-order valence-corrected chi connectivity index (χ2v) is 4.60. The van der Waals surface area contributed by atoms with Crippen molar-refractivity contribution >= 4 is 5.69 Å². The molecule has 1 aliphatic heterocycles. The molecule has 0 spiro atoms. The Balaban J connectivity index is 2.04. The smallest absolute Gasteiger partial charge is 0.140 e. The van der Waals surface area contributed by atoms with Crippen LogP contribution in [0, 0.1) is 0 Å². The molecule has 0 aliphatic carbocycles. The lowest BCUT2D eigenvalue weighted by Gasteiger charge is -2.22. The average molecular weight is 228 g/mol. The van der Waals surface area contributed by atoms with Gasteiger partial charge in [-0.3, -0.25) is 0 Å². The zero-order chi connectivity index (χ0) is 11.8. The van der Waals surface area contributed by atoms with Gasteiger partial charge in [-0.25, -0.2) is 4.98 Å². The molecule has 4 heteroatoms. The van der Waals surface area contributed by atoms with Gasteiger partial charge in [0.25, 0.3) is 0 Å². The van der Waals surface area contributed by atoms with E-state index in [-0.39, 0.29) is 6.04 Å². The minimum Gasteiger partial charge on any atom is -0.399 e. The summed E-state index contributed by atoms with van der Waals surface area (Å²) in [4.78, 5) is 4.50. The van der Waals surface area contributed by atoms with Gasteiger partial charge in [0, 0.05) is 35.7 Å². The Kier molecular flexibility index (Phi) is 2.37. The number of benzene rings is 1. The lowest BCUT2D eigenvalue weighted by Crippen LogP contribution is -2.31. The highest BCUT2D eigenvalue weighted by atomic mass is 15.1. The molecule has 2 aromatic rings. The van der Waals surface area contributed by atoms with Crippen molar-refractivity contribution in [1.29, 1.82) is 0 Å². The predicted molar refractivity (Wildman–Crippen MR) is 68.4 cm³/mol. The monoisotopic (exact) mass is 228 g/mol. The fourth-order valence-corrected chi connectivity index (χ4v) is 2.34. The normalized spacial score (nSPS) is 19.0. The number of aromatic nitrogens is 2. The quantitative estimate of drug-likeness (QED) is 0.725. The van der Waals surface area contributed by atoms with Crippen LogP contribution >= 0.6 is 0 Å². The van der Waals surface area contributed by atoms with E-state index in [1.54, 1.807) is 0 Å². The van der Waals surface area contributed by atoms with Crippen LogP contribution in [0.25, 0.3) is 11.4 Å². The number of aryl methyl sites for hydroxylation is 1. The molecular weight excluding hydrogens is 212 g/mol. The van der Waals surface area contributed by atoms with Gasteiger partial charge in [-0.1, -0.05) is 0 Å². The maximum atomic E-state index is 6.01. The van der Waals surface area contributed by atoms with Crippen LogP contribution in [-0.4, -0.2) is 15.6 Å². The van der Waals surface area contributed by atoms with E-state index in [1.807, 2.05) is 30.5 Å². The van der Waals surface area contributed by atoms with E-state index in [2.05, 4.69) is 9.55 Å². The third kappa shape index (κ3) is 1.80. The van der Waals surface area contributed by atoms with E-state index >= 15 is 0 Å². The standard InChI is InChI=1S/C13H16N4/c14-10-3-1-9(2-4-10)13-16-7-12-6-5-11(15)8-17(12)13/h1-4,7,11H,5-6,8,14-15H2. The second-order valence-electron chi connectivity index (χ2n) is 4.60. The third-order valence-corrected chi connectivity index (χ3v) is 3.30. The van der Waals surface area contributed by atoms with Crippen LogP contribution in [-0.2, 0) is 13.0 Å². The molecule has 0 fully saturated rings. The first kappa shape index (κ1) is 10.4. The number of nitrogen functional groups attached to an aromatic ring is 1. The molecule has 2 heterocycles. The summed E-state index contributed by atoms with van der Waals surface area (Å²) in [5, 5.41) is 0. The third-order valence-electron chi connectivity index (χ3n) is 3.30. The minimum absolute atomic E-state index is 0.240. The highest BCUT2D eigenvalue weighted by Gasteiger charge is 2.19. The number of rotatable bonds is 1.